The van der Waals surface area contributed by atoms with E-state index in [0.717, 1.165) is 26.8 Å². The lowest BCUT2D eigenvalue weighted by Gasteiger charge is -2.43. The first-order valence-electron chi connectivity index (χ1n) is 18.0. The highest BCUT2D eigenvalue weighted by atomic mass is 16.7. The van der Waals surface area contributed by atoms with Crippen LogP contribution in [0.4, 0.5) is 0 Å². The van der Waals surface area contributed by atoms with Crippen molar-refractivity contribution in [3.05, 3.63) is 82.5 Å². The molecule has 5 atom stereocenters. The van der Waals surface area contributed by atoms with Crippen molar-refractivity contribution in [2.45, 2.75) is 66.1 Å². The van der Waals surface area contributed by atoms with Gasteiger partial charge >= 0.3 is 35.8 Å². The SMILES string of the molecule is COc1cc(OC(C)=O)c2c(=O)c(O[C@@H]3OC(COC(=O)/C=C/c4ccc(OC(C)=O)cc4)[C@H](OC(C)=O)C(OC(C)=O)C3C)c(-c3ccc(OC(C)=O)cc3)oc2c1. The van der Waals surface area contributed by atoms with Gasteiger partial charge in [-0.2, -0.15) is 0 Å². The quantitative estimate of drug-likeness (QED) is 0.0742. The molecule has 3 aromatic carbocycles. The summed E-state index contributed by atoms with van der Waals surface area (Å²) in [5.41, 5.74) is -0.0355. The van der Waals surface area contributed by atoms with Crippen molar-refractivity contribution in [2.75, 3.05) is 13.7 Å². The molecule has 1 saturated heterocycles. The molecule has 1 aliphatic rings. The number of esters is 6. The summed E-state index contributed by atoms with van der Waals surface area (Å²) in [5, 5.41) is -0.202. The van der Waals surface area contributed by atoms with Crippen LogP contribution < -0.4 is 29.1 Å². The van der Waals surface area contributed by atoms with E-state index in [1.807, 2.05) is 0 Å². The van der Waals surface area contributed by atoms with Gasteiger partial charge in [0.05, 0.1) is 13.0 Å². The topological polar surface area (TPSA) is 216 Å². The van der Waals surface area contributed by atoms with Crippen LogP contribution in [-0.2, 0) is 47.7 Å². The van der Waals surface area contributed by atoms with Gasteiger partial charge in [0.15, 0.2) is 11.9 Å². The average molecular weight is 817 g/mol. The summed E-state index contributed by atoms with van der Waals surface area (Å²) in [6, 6.07) is 14.9. The molecule has 59 heavy (non-hydrogen) atoms. The van der Waals surface area contributed by atoms with Crippen LogP contribution in [0.3, 0.4) is 0 Å². The largest absolute Gasteiger partial charge is 0.496 e. The summed E-state index contributed by atoms with van der Waals surface area (Å²) in [6.07, 6.45) is -2.81. The number of hydrogen-bond donors (Lipinski definition) is 0. The van der Waals surface area contributed by atoms with E-state index in [-0.39, 0.29) is 39.5 Å². The second-order valence-electron chi connectivity index (χ2n) is 13.1. The predicted molar refractivity (Wildman–Crippen MR) is 204 cm³/mol. The van der Waals surface area contributed by atoms with Gasteiger partial charge in [-0.1, -0.05) is 19.1 Å². The minimum absolute atomic E-state index is 0.0551. The smallest absolute Gasteiger partial charge is 0.330 e. The van der Waals surface area contributed by atoms with E-state index in [9.17, 15) is 33.6 Å². The first-order valence-corrected chi connectivity index (χ1v) is 18.0. The van der Waals surface area contributed by atoms with Gasteiger partial charge in [-0.3, -0.25) is 28.8 Å². The van der Waals surface area contributed by atoms with Crippen molar-refractivity contribution in [2.24, 2.45) is 5.92 Å². The first kappa shape index (κ1) is 43.1. The molecule has 4 aromatic rings. The van der Waals surface area contributed by atoms with Crippen LogP contribution in [-0.4, -0.2) is 74.1 Å². The molecule has 0 amide bonds. The lowest BCUT2D eigenvalue weighted by molar-refractivity contribution is -0.267. The number of methoxy groups -OCH3 is 1. The van der Waals surface area contributed by atoms with Crippen LogP contribution in [0.15, 0.2) is 76.0 Å². The molecule has 0 radical (unpaired) electrons. The van der Waals surface area contributed by atoms with E-state index in [2.05, 4.69) is 0 Å². The second kappa shape index (κ2) is 19.0. The summed E-state index contributed by atoms with van der Waals surface area (Å²) >= 11 is 0. The molecule has 2 heterocycles. The van der Waals surface area contributed by atoms with Crippen LogP contribution in [0.25, 0.3) is 28.4 Å². The van der Waals surface area contributed by atoms with Crippen LogP contribution >= 0.6 is 0 Å². The summed E-state index contributed by atoms with van der Waals surface area (Å²) in [7, 11) is 1.37. The summed E-state index contributed by atoms with van der Waals surface area (Å²) in [4.78, 5) is 87.1. The van der Waals surface area contributed by atoms with Crippen LogP contribution in [0.5, 0.6) is 28.7 Å². The zero-order chi connectivity index (χ0) is 43.0. The average Bonchev–Trinajstić information content (AvgIpc) is 3.16. The summed E-state index contributed by atoms with van der Waals surface area (Å²) < 4.78 is 56.4. The maximum absolute atomic E-state index is 14.5. The lowest BCUT2D eigenvalue weighted by atomic mass is 9.91. The molecule has 1 aliphatic heterocycles. The Morgan fingerprint density at radius 1 is 0.712 bits per heavy atom. The maximum atomic E-state index is 14.5. The van der Waals surface area contributed by atoms with Gasteiger partial charge in [0, 0.05) is 58.4 Å². The monoisotopic (exact) mass is 816 g/mol. The second-order valence-corrected chi connectivity index (χ2v) is 13.1. The number of ether oxygens (including phenoxy) is 9. The molecule has 310 valence electrons. The molecule has 3 unspecified atom stereocenters. The Morgan fingerprint density at radius 2 is 1.29 bits per heavy atom. The molecule has 1 fully saturated rings. The van der Waals surface area contributed by atoms with Crippen LogP contribution in [0.1, 0.15) is 47.1 Å². The standard InChI is InChI=1S/C42H40O17/c1-21-38(55-25(5)46)40(56-26(6)47)34(20-51-35(48)17-10-27-8-13-29(14-9-27)52-22(2)43)58-42(21)59-41-37(49)36-32(54-24(4)45)18-31(50-7)19-33(36)57-39(41)28-11-15-30(16-12-28)53-23(3)44/h8-19,21,34,38,40,42H,20H2,1-7H3/b17-10+/t21?,34?,38?,40-,42-/m0/s1. The minimum Gasteiger partial charge on any atom is -0.496 e. The van der Waals surface area contributed by atoms with Crippen molar-refractivity contribution >= 4 is 52.9 Å². The van der Waals surface area contributed by atoms with Crippen molar-refractivity contribution in [1.29, 1.82) is 0 Å². The van der Waals surface area contributed by atoms with E-state index < -0.39 is 84.1 Å². The van der Waals surface area contributed by atoms with Gasteiger partial charge in [-0.05, 0) is 48.0 Å². The van der Waals surface area contributed by atoms with Gasteiger partial charge in [0.2, 0.25) is 17.5 Å². The third-order valence-corrected chi connectivity index (χ3v) is 8.49. The van der Waals surface area contributed by atoms with E-state index in [0.29, 0.717) is 11.3 Å². The molecular weight excluding hydrogens is 776 g/mol. The molecule has 17 heteroatoms. The van der Waals surface area contributed by atoms with Crippen molar-refractivity contribution in [3.63, 3.8) is 0 Å². The van der Waals surface area contributed by atoms with E-state index in [4.69, 9.17) is 47.0 Å². The minimum atomic E-state index is -1.48. The lowest BCUT2D eigenvalue weighted by Crippen LogP contribution is -2.59. The number of carbonyl (C=O) groups excluding carboxylic acids is 6. The third-order valence-electron chi connectivity index (χ3n) is 8.49. The normalized spacial score (nSPS) is 18.7. The van der Waals surface area contributed by atoms with E-state index in [1.54, 1.807) is 19.1 Å². The van der Waals surface area contributed by atoms with Crippen molar-refractivity contribution in [1.82, 2.24) is 0 Å². The highest BCUT2D eigenvalue weighted by molar-refractivity contribution is 5.91. The Balaban J connectivity index is 1.55. The van der Waals surface area contributed by atoms with Gasteiger partial charge in [-0.15, -0.1) is 0 Å². The molecule has 0 aliphatic carbocycles. The molecule has 17 nitrogen and oxygen atoms in total. The Kier molecular flexibility index (Phi) is 13.9. The fourth-order valence-electron chi connectivity index (χ4n) is 6.05. The fraction of sp³-hybridized carbons (Fsp3) is 0.310. The summed E-state index contributed by atoms with van der Waals surface area (Å²) in [5.74, 6) is -5.22. The maximum Gasteiger partial charge on any atom is 0.330 e. The highest BCUT2D eigenvalue weighted by Gasteiger charge is 2.50. The number of benzene rings is 3. The van der Waals surface area contributed by atoms with E-state index >= 15 is 0 Å². The Morgan fingerprint density at radius 3 is 1.85 bits per heavy atom. The van der Waals surface area contributed by atoms with Gasteiger partial charge in [0.1, 0.15) is 52.8 Å². The Hall–Kier alpha value is -7.01. The third kappa shape index (κ3) is 11.1. The molecule has 0 N–H and O–H groups in total. The zero-order valence-corrected chi connectivity index (χ0v) is 33.0. The number of rotatable bonds is 13. The predicted octanol–water partition coefficient (Wildman–Crippen LogP) is 5.10. The molecule has 0 spiro atoms. The van der Waals surface area contributed by atoms with Gasteiger partial charge < -0.3 is 47.0 Å². The van der Waals surface area contributed by atoms with E-state index in [1.165, 1.54) is 75.6 Å². The number of carbonyl (C=O) groups is 6. The summed E-state index contributed by atoms with van der Waals surface area (Å²) in [6.45, 7) is 6.91. The molecule has 5 rings (SSSR count). The Labute approximate surface area is 336 Å². The number of hydrogen-bond acceptors (Lipinski definition) is 17. The number of fused-ring (bicyclic) bond motifs is 1. The molecule has 1 aromatic heterocycles. The van der Waals surface area contributed by atoms with Crippen LogP contribution in [0, 0.1) is 5.92 Å². The Bertz CT molecular complexity index is 2320. The molecule has 0 saturated carbocycles. The zero-order valence-electron chi connectivity index (χ0n) is 33.0. The van der Waals surface area contributed by atoms with Crippen molar-refractivity contribution in [3.8, 4) is 40.1 Å². The van der Waals surface area contributed by atoms with Crippen molar-refractivity contribution < 1.29 is 75.8 Å². The van der Waals surface area contributed by atoms with Gasteiger partial charge in [0.25, 0.3) is 0 Å². The van der Waals surface area contributed by atoms with Gasteiger partial charge in [-0.25, -0.2) is 4.79 Å². The fourth-order valence-corrected chi connectivity index (χ4v) is 6.05. The molecular formula is C42H40O17. The highest BCUT2D eigenvalue weighted by Crippen LogP contribution is 2.39. The first-order chi connectivity index (χ1) is 28.0. The van der Waals surface area contributed by atoms with Crippen LogP contribution in [0.2, 0.25) is 0 Å². The molecule has 0 bridgehead atoms.